The zero-order valence-electron chi connectivity index (χ0n) is 8.51. The lowest BCUT2D eigenvalue weighted by molar-refractivity contribution is 0.0923. The highest BCUT2D eigenvalue weighted by molar-refractivity contribution is 6.24. The monoisotopic (exact) mass is 215 g/mol. The molecule has 0 fully saturated rings. The average Bonchev–Trinajstić information content (AvgIpc) is 2.55. The summed E-state index contributed by atoms with van der Waals surface area (Å²) in [5, 5.41) is 3.42. The smallest absolute Gasteiger partial charge is 0.171 e. The number of nitrogens with zero attached hydrogens (tertiary/aromatic N) is 3. The maximum Gasteiger partial charge on any atom is 0.171 e. The second-order valence-electron chi connectivity index (χ2n) is 3.61. The number of carbonyl (C=O) groups is 2. The van der Waals surface area contributed by atoms with Crippen LogP contribution >= 0.6 is 0 Å². The van der Waals surface area contributed by atoms with Crippen LogP contribution in [-0.4, -0.2) is 18.1 Å². The predicted octanol–water partition coefficient (Wildman–Crippen LogP) is 2.31. The van der Waals surface area contributed by atoms with E-state index >= 15 is 0 Å². The van der Waals surface area contributed by atoms with Gasteiger partial charge < -0.3 is 0 Å². The average molecular weight is 215 g/mol. The lowest BCUT2D eigenvalue weighted by atomic mass is 10.0. The van der Waals surface area contributed by atoms with Crippen molar-refractivity contribution in [1.82, 2.24) is 0 Å². The highest BCUT2D eigenvalue weighted by Gasteiger charge is 2.26. The Bertz CT molecular complexity index is 516. The first kappa shape index (κ1) is 10.4. The number of carbonyl (C=O) groups excluding carboxylic acids is 2. The van der Waals surface area contributed by atoms with Gasteiger partial charge in [-0.15, -0.1) is 0 Å². The molecule has 0 amide bonds. The number of benzene rings is 1. The molecule has 0 aromatic heterocycles. The molecule has 1 aromatic rings. The summed E-state index contributed by atoms with van der Waals surface area (Å²) in [6, 6.07) is 5.19. The fourth-order valence-electron chi connectivity index (χ4n) is 1.78. The van der Waals surface area contributed by atoms with Crippen molar-refractivity contribution in [3.05, 3.63) is 45.3 Å². The number of rotatable bonds is 3. The van der Waals surface area contributed by atoms with E-state index in [4.69, 9.17) is 5.53 Å². The molecule has 0 N–H and O–H groups in total. The third-order valence-electron chi connectivity index (χ3n) is 2.57. The minimum absolute atomic E-state index is 0.0187. The van der Waals surface area contributed by atoms with E-state index in [9.17, 15) is 9.59 Å². The van der Waals surface area contributed by atoms with Crippen LogP contribution in [0.1, 0.15) is 32.7 Å². The van der Waals surface area contributed by atoms with E-state index in [1.165, 1.54) is 0 Å². The Morgan fingerprint density at radius 2 is 2.00 bits per heavy atom. The Morgan fingerprint density at radius 1 is 1.25 bits per heavy atom. The number of azide groups is 1. The van der Waals surface area contributed by atoms with Crippen LogP contribution < -0.4 is 0 Å². The summed E-state index contributed by atoms with van der Waals surface area (Å²) in [4.78, 5) is 25.5. The van der Waals surface area contributed by atoms with Gasteiger partial charge in [-0.1, -0.05) is 17.2 Å². The van der Waals surface area contributed by atoms with Crippen LogP contribution in [0.4, 0.5) is 0 Å². The molecule has 1 aliphatic rings. The molecule has 2 rings (SSSR count). The van der Waals surface area contributed by atoms with E-state index in [1.54, 1.807) is 18.2 Å². The van der Waals surface area contributed by atoms with E-state index in [2.05, 4.69) is 10.0 Å². The zero-order valence-corrected chi connectivity index (χ0v) is 8.51. The summed E-state index contributed by atoms with van der Waals surface area (Å²) in [7, 11) is 0. The summed E-state index contributed by atoms with van der Waals surface area (Å²) >= 11 is 0. The number of hydrogen-bond acceptors (Lipinski definition) is 3. The van der Waals surface area contributed by atoms with Gasteiger partial charge in [0.2, 0.25) is 0 Å². The first-order valence-corrected chi connectivity index (χ1v) is 4.92. The van der Waals surface area contributed by atoms with Gasteiger partial charge in [-0.2, -0.15) is 0 Å². The largest absolute Gasteiger partial charge is 0.294 e. The highest BCUT2D eigenvalue weighted by Crippen LogP contribution is 2.23. The van der Waals surface area contributed by atoms with Crippen LogP contribution in [0, 0.1) is 0 Å². The van der Waals surface area contributed by atoms with Crippen molar-refractivity contribution in [3.8, 4) is 0 Å². The van der Waals surface area contributed by atoms with Crippen molar-refractivity contribution >= 4 is 11.6 Å². The van der Waals surface area contributed by atoms with Gasteiger partial charge in [0.15, 0.2) is 11.6 Å². The second kappa shape index (κ2) is 4.16. The van der Waals surface area contributed by atoms with E-state index in [1.807, 2.05) is 0 Å². The highest BCUT2D eigenvalue weighted by atomic mass is 16.2. The summed E-state index contributed by atoms with van der Waals surface area (Å²) in [5.74, 6) is -0.229. The summed E-state index contributed by atoms with van der Waals surface area (Å²) in [6.45, 7) is 0.359. The SMILES string of the molecule is [N-]=[N+]=NCCc1ccc2c(c1)C(=O)CC2=O. The maximum atomic E-state index is 11.5. The second-order valence-corrected chi connectivity index (χ2v) is 3.61. The van der Waals surface area contributed by atoms with Gasteiger partial charge in [0.05, 0.1) is 6.42 Å². The molecule has 0 bridgehead atoms. The van der Waals surface area contributed by atoms with Crippen LogP contribution in [-0.2, 0) is 6.42 Å². The van der Waals surface area contributed by atoms with E-state index in [-0.39, 0.29) is 18.0 Å². The number of ketones is 2. The van der Waals surface area contributed by atoms with E-state index < -0.39 is 0 Å². The predicted molar refractivity (Wildman–Crippen MR) is 57.4 cm³/mol. The normalized spacial score (nSPS) is 13.5. The summed E-state index contributed by atoms with van der Waals surface area (Å²) in [5.41, 5.74) is 10.1. The molecule has 0 saturated carbocycles. The van der Waals surface area contributed by atoms with E-state index in [0.717, 1.165) is 5.56 Å². The molecule has 0 unspecified atom stereocenters. The molecule has 0 atom stereocenters. The topological polar surface area (TPSA) is 82.9 Å². The van der Waals surface area contributed by atoms with Crippen LogP contribution in [0.2, 0.25) is 0 Å². The molecular formula is C11H9N3O2. The minimum Gasteiger partial charge on any atom is -0.294 e. The molecule has 16 heavy (non-hydrogen) atoms. The van der Waals surface area contributed by atoms with Gasteiger partial charge in [-0.25, -0.2) is 0 Å². The van der Waals surface area contributed by atoms with Crippen LogP contribution in [0.25, 0.3) is 10.4 Å². The number of fused-ring (bicyclic) bond motifs is 1. The minimum atomic E-state index is -0.120. The van der Waals surface area contributed by atoms with Crippen molar-refractivity contribution < 1.29 is 9.59 Å². The molecule has 80 valence electrons. The summed E-state index contributed by atoms with van der Waals surface area (Å²) < 4.78 is 0. The van der Waals surface area contributed by atoms with Crippen molar-refractivity contribution in [3.63, 3.8) is 0 Å². The Morgan fingerprint density at radius 3 is 2.75 bits per heavy atom. The van der Waals surface area contributed by atoms with Crippen LogP contribution in [0.15, 0.2) is 23.3 Å². The fraction of sp³-hybridized carbons (Fsp3) is 0.273. The van der Waals surface area contributed by atoms with Gasteiger partial charge in [-0.05, 0) is 23.6 Å². The first-order valence-electron chi connectivity index (χ1n) is 4.92. The number of Topliss-reactive ketones (excluding diaryl/α,β-unsaturated/α-hetero) is 2. The van der Waals surface area contributed by atoms with Crippen molar-refractivity contribution in [1.29, 1.82) is 0 Å². The lowest BCUT2D eigenvalue weighted by Crippen LogP contribution is -1.95. The Hall–Kier alpha value is -2.13. The van der Waals surface area contributed by atoms with Gasteiger partial charge in [0.25, 0.3) is 0 Å². The Kier molecular flexibility index (Phi) is 2.70. The van der Waals surface area contributed by atoms with Gasteiger partial charge in [0, 0.05) is 22.6 Å². The zero-order chi connectivity index (χ0) is 11.5. The van der Waals surface area contributed by atoms with E-state index in [0.29, 0.717) is 24.1 Å². The molecule has 0 aliphatic heterocycles. The van der Waals surface area contributed by atoms with Crippen molar-refractivity contribution in [2.75, 3.05) is 6.54 Å². The third kappa shape index (κ3) is 1.81. The molecule has 0 spiro atoms. The first-order chi connectivity index (χ1) is 7.72. The fourth-order valence-corrected chi connectivity index (χ4v) is 1.78. The molecule has 0 radical (unpaired) electrons. The van der Waals surface area contributed by atoms with Crippen LogP contribution in [0.5, 0.6) is 0 Å². The van der Waals surface area contributed by atoms with Crippen molar-refractivity contribution in [2.45, 2.75) is 12.8 Å². The molecule has 5 nitrogen and oxygen atoms in total. The molecular weight excluding hydrogens is 206 g/mol. The van der Waals surface area contributed by atoms with Crippen LogP contribution in [0.3, 0.4) is 0 Å². The number of hydrogen-bond donors (Lipinski definition) is 0. The molecule has 5 heteroatoms. The lowest BCUT2D eigenvalue weighted by Gasteiger charge is -2.01. The maximum absolute atomic E-state index is 11.5. The van der Waals surface area contributed by atoms with Gasteiger partial charge in [-0.3, -0.25) is 9.59 Å². The third-order valence-corrected chi connectivity index (χ3v) is 2.57. The Labute approximate surface area is 91.7 Å². The molecule has 1 aliphatic carbocycles. The summed E-state index contributed by atoms with van der Waals surface area (Å²) in [6.07, 6.45) is 0.563. The molecule has 1 aromatic carbocycles. The van der Waals surface area contributed by atoms with Gasteiger partial charge >= 0.3 is 0 Å². The quantitative estimate of drug-likeness (QED) is 0.335. The molecule has 0 heterocycles. The Balaban J connectivity index is 2.26. The molecule has 0 saturated heterocycles. The van der Waals surface area contributed by atoms with Crippen molar-refractivity contribution in [2.24, 2.45) is 5.11 Å². The van der Waals surface area contributed by atoms with Gasteiger partial charge in [0.1, 0.15) is 0 Å². The standard InChI is InChI=1S/C11H9N3O2/c12-14-13-4-3-7-1-2-8-9(5-7)11(16)6-10(8)15/h1-2,5H,3-4,6H2.